The first-order valence-corrected chi connectivity index (χ1v) is 15.6. The number of terminal acetylenes is 1. The van der Waals surface area contributed by atoms with Crippen molar-refractivity contribution in [1.82, 2.24) is 14.9 Å². The van der Waals surface area contributed by atoms with Gasteiger partial charge in [0.2, 0.25) is 5.69 Å². The number of halogens is 5. The number of hydrogen-bond donors (Lipinski definition) is 1. The SMILES string of the molecule is [C-]#[N+]c1c(N)sc2c(F)ccc(-c3c(Cl)c4c5c(nc(OC[C@@]67CCCN6CC(=C)C7)nc5c3F)N(CC(F)F)[C@H](C#C)CO4)c12. The maximum absolute atomic E-state index is 17.0. The van der Waals surface area contributed by atoms with E-state index >= 15 is 4.39 Å². The van der Waals surface area contributed by atoms with Crippen LogP contribution in [0, 0.1) is 30.6 Å². The molecule has 0 unspecified atom stereocenters. The maximum atomic E-state index is 17.0. The normalized spacial score (nSPS) is 21.0. The fourth-order valence-electron chi connectivity index (χ4n) is 6.92. The van der Waals surface area contributed by atoms with Crippen molar-refractivity contribution >= 4 is 60.4 Å². The van der Waals surface area contributed by atoms with E-state index in [1.165, 1.54) is 6.07 Å². The molecule has 2 fully saturated rings. The highest BCUT2D eigenvalue weighted by atomic mass is 35.5. The van der Waals surface area contributed by atoms with Crippen LogP contribution in [0.3, 0.4) is 0 Å². The third-order valence-electron chi connectivity index (χ3n) is 8.88. The number of aromatic nitrogens is 2. The predicted octanol–water partition coefficient (Wildman–Crippen LogP) is 7.22. The quantitative estimate of drug-likeness (QED) is 0.101. The molecule has 2 aromatic heterocycles. The Hall–Kier alpha value is -4.30. The Morgan fingerprint density at radius 3 is 2.87 bits per heavy atom. The highest BCUT2D eigenvalue weighted by molar-refractivity contribution is 7.23. The van der Waals surface area contributed by atoms with Gasteiger partial charge in [-0.3, -0.25) is 4.90 Å². The van der Waals surface area contributed by atoms with Crippen LogP contribution in [0.15, 0.2) is 24.3 Å². The minimum absolute atomic E-state index is 0.0461. The average Bonchev–Trinajstić information content (AvgIpc) is 3.63. The molecule has 0 bridgehead atoms. The molecular weight excluding hydrogens is 644 g/mol. The van der Waals surface area contributed by atoms with Gasteiger partial charge in [-0.15, -0.1) is 17.8 Å². The van der Waals surface area contributed by atoms with E-state index in [1.807, 2.05) is 0 Å². The fourth-order valence-corrected chi connectivity index (χ4v) is 8.19. The van der Waals surface area contributed by atoms with Gasteiger partial charge in [0.25, 0.3) is 6.43 Å². The van der Waals surface area contributed by atoms with E-state index in [2.05, 4.69) is 32.2 Å². The van der Waals surface area contributed by atoms with Crippen LogP contribution < -0.4 is 20.1 Å². The third kappa shape index (κ3) is 4.60. The summed E-state index contributed by atoms with van der Waals surface area (Å²) in [6.45, 7) is 12.5. The predicted molar refractivity (Wildman–Crippen MR) is 170 cm³/mol. The van der Waals surface area contributed by atoms with Crippen molar-refractivity contribution in [3.63, 3.8) is 0 Å². The Bertz CT molecular complexity index is 2040. The zero-order chi connectivity index (χ0) is 32.5. The van der Waals surface area contributed by atoms with Crippen LogP contribution in [0.1, 0.15) is 19.3 Å². The molecule has 2 aromatic carbocycles. The molecule has 14 heteroatoms. The van der Waals surface area contributed by atoms with Crippen molar-refractivity contribution in [2.45, 2.75) is 37.3 Å². The van der Waals surface area contributed by atoms with Gasteiger partial charge in [0, 0.05) is 17.5 Å². The number of fused-ring (bicyclic) bond motifs is 2. The van der Waals surface area contributed by atoms with Gasteiger partial charge in [0.15, 0.2) is 11.6 Å². The summed E-state index contributed by atoms with van der Waals surface area (Å²) in [6, 6.07) is 1.15. The summed E-state index contributed by atoms with van der Waals surface area (Å²) in [7, 11) is 0. The Kier molecular flexibility index (Phi) is 7.39. The van der Waals surface area contributed by atoms with E-state index in [-0.39, 0.29) is 84.2 Å². The molecule has 2 saturated heterocycles. The molecular formula is C32H25ClF4N6O2S. The van der Waals surface area contributed by atoms with Crippen molar-refractivity contribution in [2.24, 2.45) is 0 Å². The van der Waals surface area contributed by atoms with Crippen molar-refractivity contribution in [1.29, 1.82) is 0 Å². The smallest absolute Gasteiger partial charge is 0.319 e. The lowest BCUT2D eigenvalue weighted by Gasteiger charge is -2.31. The summed E-state index contributed by atoms with van der Waals surface area (Å²) in [4.78, 5) is 15.9. The van der Waals surface area contributed by atoms with Crippen LogP contribution >= 0.6 is 22.9 Å². The van der Waals surface area contributed by atoms with Gasteiger partial charge in [-0.2, -0.15) is 9.97 Å². The second-order valence-corrected chi connectivity index (χ2v) is 13.0. The fraction of sp³-hybridized carbons (Fsp3) is 0.344. The summed E-state index contributed by atoms with van der Waals surface area (Å²) >= 11 is 7.73. The number of anilines is 2. The largest absolute Gasteiger partial charge is 0.488 e. The highest BCUT2D eigenvalue weighted by Gasteiger charge is 2.47. The lowest BCUT2D eigenvalue weighted by Crippen LogP contribution is -2.43. The van der Waals surface area contributed by atoms with Crippen LogP contribution in [0.5, 0.6) is 11.8 Å². The number of ether oxygens (including phenoxy) is 2. The Labute approximate surface area is 270 Å². The molecule has 5 heterocycles. The van der Waals surface area contributed by atoms with Gasteiger partial charge in [0.05, 0.1) is 38.8 Å². The summed E-state index contributed by atoms with van der Waals surface area (Å²) in [6.07, 6.45) is 5.47. The number of rotatable bonds is 6. The van der Waals surface area contributed by atoms with Crippen molar-refractivity contribution in [3.05, 3.63) is 52.4 Å². The molecule has 4 aromatic rings. The second-order valence-electron chi connectivity index (χ2n) is 11.6. The third-order valence-corrected chi connectivity index (χ3v) is 10.3. The number of nitrogens with zero attached hydrogens (tertiary/aromatic N) is 5. The van der Waals surface area contributed by atoms with Gasteiger partial charge in [0.1, 0.15) is 36.4 Å². The van der Waals surface area contributed by atoms with Crippen LogP contribution in [-0.4, -0.2) is 65.7 Å². The maximum Gasteiger partial charge on any atom is 0.319 e. The molecule has 2 N–H and O–H groups in total. The van der Waals surface area contributed by atoms with E-state index in [0.717, 1.165) is 53.8 Å². The van der Waals surface area contributed by atoms with Crippen LogP contribution in [0.2, 0.25) is 5.02 Å². The Balaban J connectivity index is 1.48. The number of thiophene rings is 1. The molecule has 0 saturated carbocycles. The van der Waals surface area contributed by atoms with E-state index in [0.29, 0.717) is 6.42 Å². The molecule has 3 aliphatic heterocycles. The second kappa shape index (κ2) is 11.2. The Morgan fingerprint density at radius 2 is 2.13 bits per heavy atom. The zero-order valence-corrected chi connectivity index (χ0v) is 25.8. The standard InChI is InChI=1S/C32H25ClF4N6O2S/c1-4-16-13-44-27-22-25(24(37)20(23(27)33)17-6-7-18(34)28-21(17)26(39-3)29(38)46-28)40-31(41-30(22)43(16)12-19(35)36)45-14-32-8-5-9-42(32)11-15(2)10-32/h1,6-7,16,19H,2,5,8-14,38H2/t16-,32+/m1/s1. The molecule has 3 aliphatic rings. The van der Waals surface area contributed by atoms with E-state index in [4.69, 9.17) is 39.8 Å². The zero-order valence-electron chi connectivity index (χ0n) is 24.2. The highest BCUT2D eigenvalue weighted by Crippen LogP contribution is 2.53. The molecule has 2 atom stereocenters. The summed E-state index contributed by atoms with van der Waals surface area (Å²) in [5, 5.41) is -0.193. The first kappa shape index (κ1) is 30.4. The van der Waals surface area contributed by atoms with Crippen LogP contribution in [-0.2, 0) is 0 Å². The number of benzene rings is 2. The molecule has 0 aliphatic carbocycles. The number of nitrogens with two attached hydrogens (primary N) is 1. The molecule has 236 valence electrons. The van der Waals surface area contributed by atoms with Gasteiger partial charge in [-0.25, -0.2) is 22.4 Å². The van der Waals surface area contributed by atoms with Crippen molar-refractivity contribution in [3.8, 4) is 35.2 Å². The van der Waals surface area contributed by atoms with Gasteiger partial charge in [-0.1, -0.05) is 35.7 Å². The number of hydrogen-bond acceptors (Lipinski definition) is 8. The average molecular weight is 669 g/mol. The van der Waals surface area contributed by atoms with E-state index in [9.17, 15) is 13.2 Å². The topological polar surface area (TPSA) is 81.1 Å². The molecule has 46 heavy (non-hydrogen) atoms. The van der Waals surface area contributed by atoms with Crippen LogP contribution in [0.25, 0.3) is 37.0 Å². The minimum atomic E-state index is -2.83. The van der Waals surface area contributed by atoms with E-state index < -0.39 is 30.6 Å². The van der Waals surface area contributed by atoms with Gasteiger partial charge < -0.3 is 20.1 Å². The lowest BCUT2D eigenvalue weighted by molar-refractivity contribution is 0.108. The summed E-state index contributed by atoms with van der Waals surface area (Å²) < 4.78 is 72.0. The van der Waals surface area contributed by atoms with Gasteiger partial charge in [-0.05, 0) is 37.4 Å². The van der Waals surface area contributed by atoms with Crippen molar-refractivity contribution in [2.75, 3.05) is 43.5 Å². The van der Waals surface area contributed by atoms with Crippen molar-refractivity contribution < 1.29 is 27.0 Å². The Morgan fingerprint density at radius 1 is 1.33 bits per heavy atom. The van der Waals surface area contributed by atoms with Gasteiger partial charge >= 0.3 is 6.01 Å². The summed E-state index contributed by atoms with van der Waals surface area (Å²) in [5.41, 5.74) is 6.24. The minimum Gasteiger partial charge on any atom is -0.488 e. The molecule has 7 rings (SSSR count). The molecule has 8 nitrogen and oxygen atoms in total. The molecule has 0 amide bonds. The molecule has 0 spiro atoms. The number of alkyl halides is 2. The first-order valence-electron chi connectivity index (χ1n) is 14.4. The lowest BCUT2D eigenvalue weighted by atomic mass is 9.94. The first-order chi connectivity index (χ1) is 22.1. The molecule has 0 radical (unpaired) electrons. The van der Waals surface area contributed by atoms with E-state index in [1.54, 1.807) is 0 Å². The summed E-state index contributed by atoms with van der Waals surface area (Å²) in [5.74, 6) is 0.631. The number of nitrogen functional groups attached to an aromatic ring is 1. The van der Waals surface area contributed by atoms with Crippen LogP contribution in [0.4, 0.5) is 34.1 Å². The monoisotopic (exact) mass is 668 g/mol.